The maximum Gasteiger partial charge on any atom is 0.318 e. The average molecular weight is 798 g/mol. The SMILES string of the molecule is COc1cc2c(cc1O)C1=C3C=C[C@@H]4C[C@H]3[C@H]([C@@H]3CC[C@H](O)C[C@H]34)[C@@H]2CC(=O)C[C@@H](CCc2ccc(O)c(OCCO)c2)OC(=O)CC#CCc2c1[nH]c1ccccc21. The number of aromatic nitrogens is 1. The van der Waals surface area contributed by atoms with Crippen molar-refractivity contribution in [3.63, 3.8) is 0 Å². The van der Waals surface area contributed by atoms with Crippen LogP contribution in [0.3, 0.4) is 0 Å². The molecule has 4 bridgehead atoms. The quantitative estimate of drug-likeness (QED) is 0.0956. The molecule has 0 amide bonds. The van der Waals surface area contributed by atoms with Crippen LogP contribution in [-0.4, -0.2) is 69.7 Å². The van der Waals surface area contributed by atoms with Crippen LogP contribution in [0.15, 0.2) is 72.3 Å². The van der Waals surface area contributed by atoms with E-state index in [-0.39, 0.29) is 91.2 Å². The van der Waals surface area contributed by atoms with Crippen molar-refractivity contribution in [3.05, 3.63) is 100 Å². The second-order valence-electron chi connectivity index (χ2n) is 17.0. The number of cyclic esters (lactones) is 1. The van der Waals surface area contributed by atoms with Gasteiger partial charge in [-0.2, -0.15) is 0 Å². The molecule has 306 valence electrons. The highest BCUT2D eigenvalue weighted by atomic mass is 16.5. The topological polar surface area (TPSA) is 159 Å². The van der Waals surface area contributed by atoms with Gasteiger partial charge in [-0.3, -0.25) is 9.59 Å². The fourth-order valence-corrected chi connectivity index (χ4v) is 11.2. The largest absolute Gasteiger partial charge is 0.504 e. The third-order valence-corrected chi connectivity index (χ3v) is 13.7. The summed E-state index contributed by atoms with van der Waals surface area (Å²) in [6.45, 7) is -0.167. The molecule has 0 spiro atoms. The number of fused-ring (bicyclic) bond motifs is 9. The molecule has 4 aromatic rings. The van der Waals surface area contributed by atoms with Gasteiger partial charge in [0.15, 0.2) is 23.0 Å². The summed E-state index contributed by atoms with van der Waals surface area (Å²) in [5.74, 6) is 7.17. The molecule has 0 radical (unpaired) electrons. The average Bonchev–Trinajstić information content (AvgIpc) is 3.54. The van der Waals surface area contributed by atoms with E-state index < -0.39 is 12.1 Å². The van der Waals surface area contributed by atoms with Gasteiger partial charge in [0.2, 0.25) is 0 Å². The molecule has 5 N–H and O–H groups in total. The molecular formula is C49H51NO9. The monoisotopic (exact) mass is 797 g/mol. The molecule has 1 aromatic heterocycles. The van der Waals surface area contributed by atoms with Gasteiger partial charge in [0.1, 0.15) is 24.9 Å². The summed E-state index contributed by atoms with van der Waals surface area (Å²) in [6, 6.07) is 16.9. The number of allylic oxidation sites excluding steroid dienone is 3. The Morgan fingerprint density at radius 2 is 1.76 bits per heavy atom. The first-order chi connectivity index (χ1) is 28.7. The summed E-state index contributed by atoms with van der Waals surface area (Å²) in [5, 5.41) is 43.1. The van der Waals surface area contributed by atoms with Crippen molar-refractivity contribution in [2.24, 2.45) is 29.6 Å². The number of ketones is 1. The number of benzene rings is 3. The normalized spacial score (nSPS) is 27.5. The molecule has 5 aliphatic rings. The van der Waals surface area contributed by atoms with E-state index in [1.165, 1.54) is 11.6 Å². The Kier molecular flexibility index (Phi) is 10.8. The first-order valence-electron chi connectivity index (χ1n) is 21.0. The number of phenols is 2. The Hall–Kier alpha value is -5.50. The molecule has 0 saturated heterocycles. The minimum Gasteiger partial charge on any atom is -0.504 e. The van der Waals surface area contributed by atoms with Gasteiger partial charge < -0.3 is 39.6 Å². The van der Waals surface area contributed by atoms with Crippen molar-refractivity contribution in [2.45, 2.75) is 82.3 Å². The summed E-state index contributed by atoms with van der Waals surface area (Å²) in [5.41, 5.74) is 7.71. The third-order valence-electron chi connectivity index (χ3n) is 13.7. The predicted molar refractivity (Wildman–Crippen MR) is 222 cm³/mol. The maximum absolute atomic E-state index is 14.8. The van der Waals surface area contributed by atoms with Gasteiger partial charge in [-0.25, -0.2) is 0 Å². The number of aromatic amines is 1. The van der Waals surface area contributed by atoms with Crippen molar-refractivity contribution in [1.82, 2.24) is 4.98 Å². The lowest BCUT2D eigenvalue weighted by Gasteiger charge is -2.54. The maximum atomic E-state index is 14.8. The summed E-state index contributed by atoms with van der Waals surface area (Å²) in [6.07, 6.45) is 8.02. The number of ether oxygens (including phenoxy) is 3. The van der Waals surface area contributed by atoms with Crippen LogP contribution in [0.4, 0.5) is 0 Å². The van der Waals surface area contributed by atoms with Gasteiger partial charge in [-0.15, -0.1) is 0 Å². The number of hydrogen-bond donors (Lipinski definition) is 5. The number of nitrogens with one attached hydrogen (secondary N) is 1. The van der Waals surface area contributed by atoms with Crippen LogP contribution in [0, 0.1) is 41.4 Å². The highest BCUT2D eigenvalue weighted by molar-refractivity contribution is 5.96. The van der Waals surface area contributed by atoms with Crippen LogP contribution in [0.5, 0.6) is 23.0 Å². The third kappa shape index (κ3) is 7.40. The molecular weight excluding hydrogens is 747 g/mol. The zero-order valence-electron chi connectivity index (χ0n) is 33.3. The van der Waals surface area contributed by atoms with Crippen LogP contribution in [0.25, 0.3) is 16.5 Å². The first-order valence-corrected chi connectivity index (χ1v) is 21.0. The minimum absolute atomic E-state index is 0.0121. The number of hydrogen-bond acceptors (Lipinski definition) is 9. The molecule has 9 rings (SSSR count). The van der Waals surface area contributed by atoms with Crippen molar-refractivity contribution in [3.8, 4) is 34.8 Å². The summed E-state index contributed by atoms with van der Waals surface area (Å²) < 4.78 is 17.4. The number of phenolic OH excluding ortho intramolecular Hbond substituents is 2. The molecule has 2 fully saturated rings. The lowest BCUT2D eigenvalue weighted by Crippen LogP contribution is -2.47. The van der Waals surface area contributed by atoms with Crippen LogP contribution < -0.4 is 9.47 Å². The number of rotatable bonds is 7. The standard InChI is InChI=1S/C49H51NO9/c1-57-44-26-37-39-24-30(53)22-31(14-10-27-11-17-42(54)45(20-27)58-19-18-51)59-46(56)9-5-3-7-35-32-6-2-4-8-41(32)50-49(35)48(40(37)25-43(44)55)34-15-12-28-21-38(34)47(39)33-16-13-29(52)23-36(28)33/h2,4,6,8,11-12,15,17,20,25-26,28-29,31,33,36,38-39,47,50-52,54-55H,7,9-10,13-14,16,18-19,21-24H2,1H3/t28-,29+,31-,33-,36+,38-,39-,47+/m1/s1. The summed E-state index contributed by atoms with van der Waals surface area (Å²) in [4.78, 5) is 32.0. The van der Waals surface area contributed by atoms with Crippen LogP contribution in [-0.2, 0) is 27.2 Å². The molecule has 2 heterocycles. The van der Waals surface area contributed by atoms with Crippen molar-refractivity contribution in [2.75, 3.05) is 20.3 Å². The number of para-hydroxylation sites is 1. The van der Waals surface area contributed by atoms with Crippen LogP contribution in [0.2, 0.25) is 0 Å². The minimum atomic E-state index is -0.727. The number of esters is 1. The highest BCUT2D eigenvalue weighted by Crippen LogP contribution is 2.62. The fourth-order valence-electron chi connectivity index (χ4n) is 11.2. The Morgan fingerprint density at radius 3 is 2.61 bits per heavy atom. The van der Waals surface area contributed by atoms with E-state index in [1.54, 1.807) is 19.2 Å². The predicted octanol–water partition coefficient (Wildman–Crippen LogP) is 7.30. The van der Waals surface area contributed by atoms with Crippen LogP contribution >= 0.6 is 0 Å². The van der Waals surface area contributed by atoms with Crippen molar-refractivity contribution >= 4 is 28.2 Å². The molecule has 2 saturated carbocycles. The van der Waals surface area contributed by atoms with E-state index in [0.29, 0.717) is 37.4 Å². The highest BCUT2D eigenvalue weighted by Gasteiger charge is 2.53. The van der Waals surface area contributed by atoms with E-state index in [1.807, 2.05) is 24.3 Å². The van der Waals surface area contributed by atoms with Crippen molar-refractivity contribution < 1.29 is 44.2 Å². The Morgan fingerprint density at radius 1 is 0.915 bits per heavy atom. The van der Waals surface area contributed by atoms with Gasteiger partial charge in [0.25, 0.3) is 0 Å². The number of aliphatic hydroxyl groups is 2. The lowest BCUT2D eigenvalue weighted by molar-refractivity contribution is -0.149. The number of aromatic hydroxyl groups is 2. The number of aliphatic hydroxyl groups excluding tert-OH is 2. The molecule has 59 heavy (non-hydrogen) atoms. The van der Waals surface area contributed by atoms with Gasteiger partial charge >= 0.3 is 5.97 Å². The Balaban J connectivity index is 1.19. The summed E-state index contributed by atoms with van der Waals surface area (Å²) in [7, 11) is 1.55. The molecule has 10 nitrogen and oxygen atoms in total. The second-order valence-corrected chi connectivity index (χ2v) is 17.0. The Labute approximate surface area is 343 Å². The number of carbonyl (C=O) groups excluding carboxylic acids is 2. The number of methoxy groups -OCH3 is 1. The van der Waals surface area contributed by atoms with Crippen molar-refractivity contribution in [1.29, 1.82) is 0 Å². The fraction of sp³-hybridized carbons (Fsp3) is 0.429. The molecule has 0 unspecified atom stereocenters. The number of H-pyrrole nitrogens is 1. The van der Waals surface area contributed by atoms with Gasteiger partial charge in [0.05, 0.1) is 25.5 Å². The zero-order chi connectivity index (χ0) is 40.8. The first kappa shape index (κ1) is 39.0. The van der Waals surface area contributed by atoms with E-state index in [2.05, 4.69) is 41.1 Å². The van der Waals surface area contributed by atoms with Gasteiger partial charge in [0, 0.05) is 35.7 Å². The van der Waals surface area contributed by atoms with Gasteiger partial charge in [-0.05, 0) is 132 Å². The van der Waals surface area contributed by atoms with Crippen LogP contribution in [0.1, 0.15) is 85.2 Å². The van der Waals surface area contributed by atoms with E-state index in [4.69, 9.17) is 14.2 Å². The summed E-state index contributed by atoms with van der Waals surface area (Å²) >= 11 is 0. The smallest absolute Gasteiger partial charge is 0.318 e. The molecule has 8 atom stereocenters. The number of aryl methyl sites for hydroxylation is 1. The lowest BCUT2D eigenvalue weighted by atomic mass is 9.51. The molecule has 4 aliphatic carbocycles. The molecule has 1 aliphatic heterocycles. The number of carbonyl (C=O) groups is 2. The second kappa shape index (κ2) is 16.3. The molecule has 10 heteroatoms. The zero-order valence-corrected chi connectivity index (χ0v) is 33.3. The van der Waals surface area contributed by atoms with E-state index in [0.717, 1.165) is 63.7 Å². The number of Topliss-reactive ketones (excluding diaryl/α,β-unsaturated/α-hetero) is 1. The Bertz CT molecular complexity index is 2410. The van der Waals surface area contributed by atoms with E-state index >= 15 is 0 Å². The molecule has 3 aromatic carbocycles. The van der Waals surface area contributed by atoms with Gasteiger partial charge in [-0.1, -0.05) is 48.3 Å². The van der Waals surface area contributed by atoms with E-state index in [9.17, 15) is 30.0 Å².